The first-order valence-corrected chi connectivity index (χ1v) is 6.49. The molecule has 1 N–H and O–H groups in total. The van der Waals surface area contributed by atoms with Gasteiger partial charge in [-0.1, -0.05) is 18.3 Å². The van der Waals surface area contributed by atoms with Gasteiger partial charge in [0.15, 0.2) is 0 Å². The first kappa shape index (κ1) is 11.3. The number of likely N-dealkylation sites (tertiary alicyclic amines) is 1. The van der Waals surface area contributed by atoms with Crippen LogP contribution in [0, 0.1) is 0 Å². The number of amides is 2. The Bertz CT molecular complexity index is 359. The SMILES string of the molecule is CCc1nnc(NC(=O)N2CCCCC2)s1. The van der Waals surface area contributed by atoms with E-state index in [-0.39, 0.29) is 6.03 Å². The topological polar surface area (TPSA) is 58.1 Å². The molecule has 88 valence electrons. The van der Waals surface area contributed by atoms with E-state index in [1.165, 1.54) is 17.8 Å². The maximum atomic E-state index is 11.8. The molecule has 0 spiro atoms. The van der Waals surface area contributed by atoms with Gasteiger partial charge in [-0.15, -0.1) is 10.2 Å². The van der Waals surface area contributed by atoms with E-state index in [0.29, 0.717) is 5.13 Å². The summed E-state index contributed by atoms with van der Waals surface area (Å²) in [6.07, 6.45) is 4.29. The molecule has 0 radical (unpaired) electrons. The molecule has 2 amide bonds. The van der Waals surface area contributed by atoms with Crippen molar-refractivity contribution in [2.75, 3.05) is 18.4 Å². The summed E-state index contributed by atoms with van der Waals surface area (Å²) in [5.41, 5.74) is 0. The summed E-state index contributed by atoms with van der Waals surface area (Å²) < 4.78 is 0. The third kappa shape index (κ3) is 2.69. The zero-order valence-electron chi connectivity index (χ0n) is 9.40. The van der Waals surface area contributed by atoms with Crippen molar-refractivity contribution >= 4 is 22.5 Å². The molecule has 2 rings (SSSR count). The van der Waals surface area contributed by atoms with Gasteiger partial charge in [0.1, 0.15) is 5.01 Å². The highest BCUT2D eigenvalue weighted by Gasteiger charge is 2.17. The summed E-state index contributed by atoms with van der Waals surface area (Å²) in [7, 11) is 0. The van der Waals surface area contributed by atoms with Crippen molar-refractivity contribution in [1.29, 1.82) is 0 Å². The van der Waals surface area contributed by atoms with Gasteiger partial charge in [0.25, 0.3) is 0 Å². The van der Waals surface area contributed by atoms with Crippen LogP contribution in [0.2, 0.25) is 0 Å². The van der Waals surface area contributed by atoms with Crippen LogP contribution in [0.1, 0.15) is 31.2 Å². The highest BCUT2D eigenvalue weighted by atomic mass is 32.1. The molecule has 6 heteroatoms. The fourth-order valence-electron chi connectivity index (χ4n) is 1.71. The van der Waals surface area contributed by atoms with Gasteiger partial charge in [-0.25, -0.2) is 4.79 Å². The minimum atomic E-state index is -0.0431. The summed E-state index contributed by atoms with van der Waals surface area (Å²) in [5, 5.41) is 12.3. The highest BCUT2D eigenvalue weighted by Crippen LogP contribution is 2.17. The average molecular weight is 240 g/mol. The lowest BCUT2D eigenvalue weighted by Crippen LogP contribution is -2.38. The van der Waals surface area contributed by atoms with Gasteiger partial charge in [0, 0.05) is 13.1 Å². The summed E-state index contributed by atoms with van der Waals surface area (Å²) >= 11 is 1.44. The number of rotatable bonds is 2. The second-order valence-corrected chi connectivity index (χ2v) is 4.89. The summed E-state index contributed by atoms with van der Waals surface area (Å²) in [6.45, 7) is 3.73. The average Bonchev–Trinajstić information content (AvgIpc) is 2.78. The van der Waals surface area contributed by atoms with Crippen molar-refractivity contribution in [3.05, 3.63) is 5.01 Å². The highest BCUT2D eigenvalue weighted by molar-refractivity contribution is 7.15. The molecule has 0 atom stereocenters. The summed E-state index contributed by atoms with van der Waals surface area (Å²) in [4.78, 5) is 13.7. The molecule has 1 aromatic heterocycles. The third-order valence-electron chi connectivity index (χ3n) is 2.63. The number of hydrogen-bond acceptors (Lipinski definition) is 4. The molecule has 1 fully saturated rings. The van der Waals surface area contributed by atoms with Gasteiger partial charge in [0.05, 0.1) is 0 Å². The molecule has 5 nitrogen and oxygen atoms in total. The standard InChI is InChI=1S/C10H16N4OS/c1-2-8-12-13-9(16-8)11-10(15)14-6-4-3-5-7-14/h2-7H2,1H3,(H,11,13,15). The van der Waals surface area contributed by atoms with Crippen LogP contribution in [-0.2, 0) is 6.42 Å². The van der Waals surface area contributed by atoms with E-state index in [9.17, 15) is 4.79 Å². The van der Waals surface area contributed by atoms with Crippen molar-refractivity contribution in [1.82, 2.24) is 15.1 Å². The number of nitrogens with zero attached hydrogens (tertiary/aromatic N) is 3. The number of hydrogen-bond donors (Lipinski definition) is 1. The lowest BCUT2D eigenvalue weighted by Gasteiger charge is -2.26. The first-order valence-electron chi connectivity index (χ1n) is 5.68. The number of piperidine rings is 1. The quantitative estimate of drug-likeness (QED) is 0.861. The maximum Gasteiger partial charge on any atom is 0.323 e. The number of aryl methyl sites for hydroxylation is 1. The van der Waals surface area contributed by atoms with Gasteiger partial charge in [-0.2, -0.15) is 0 Å². The van der Waals surface area contributed by atoms with Gasteiger partial charge in [-0.05, 0) is 25.7 Å². The zero-order valence-corrected chi connectivity index (χ0v) is 10.2. The number of urea groups is 1. The van der Waals surface area contributed by atoms with E-state index in [1.54, 1.807) is 0 Å². The molecular weight excluding hydrogens is 224 g/mol. The van der Waals surface area contributed by atoms with Crippen molar-refractivity contribution < 1.29 is 4.79 Å². The lowest BCUT2D eigenvalue weighted by molar-refractivity contribution is 0.200. The molecule has 1 aliphatic rings. The largest absolute Gasteiger partial charge is 0.324 e. The molecule has 0 aliphatic carbocycles. The molecule has 1 saturated heterocycles. The number of anilines is 1. The summed E-state index contributed by atoms with van der Waals surface area (Å²) in [5.74, 6) is 0. The van der Waals surface area contributed by atoms with Crippen molar-refractivity contribution in [3.8, 4) is 0 Å². The van der Waals surface area contributed by atoms with E-state index in [2.05, 4.69) is 15.5 Å². The second-order valence-electron chi connectivity index (χ2n) is 3.83. The minimum Gasteiger partial charge on any atom is -0.324 e. The Morgan fingerprint density at radius 1 is 1.38 bits per heavy atom. The van der Waals surface area contributed by atoms with Crippen LogP contribution < -0.4 is 5.32 Å². The normalized spacial score (nSPS) is 16.2. The monoisotopic (exact) mass is 240 g/mol. The first-order chi connectivity index (χ1) is 7.79. The molecule has 1 aliphatic heterocycles. The summed E-state index contributed by atoms with van der Waals surface area (Å²) in [6, 6.07) is -0.0431. The maximum absolute atomic E-state index is 11.8. The van der Waals surface area contributed by atoms with Crippen LogP contribution in [0.25, 0.3) is 0 Å². The molecule has 0 aromatic carbocycles. The minimum absolute atomic E-state index is 0.0431. The van der Waals surface area contributed by atoms with Gasteiger partial charge in [-0.3, -0.25) is 5.32 Å². The molecule has 2 heterocycles. The molecule has 0 unspecified atom stereocenters. The van der Waals surface area contributed by atoms with Crippen LogP contribution >= 0.6 is 11.3 Å². The number of nitrogens with one attached hydrogen (secondary N) is 1. The van der Waals surface area contributed by atoms with Gasteiger partial charge in [0.2, 0.25) is 5.13 Å². The molecule has 1 aromatic rings. The molecule has 0 saturated carbocycles. The Balaban J connectivity index is 1.90. The zero-order chi connectivity index (χ0) is 11.4. The van der Waals surface area contributed by atoms with E-state index in [4.69, 9.17) is 0 Å². The van der Waals surface area contributed by atoms with E-state index in [0.717, 1.165) is 37.4 Å². The second kappa shape index (κ2) is 5.25. The smallest absolute Gasteiger partial charge is 0.323 e. The van der Waals surface area contributed by atoms with Crippen LogP contribution in [0.5, 0.6) is 0 Å². The van der Waals surface area contributed by atoms with Crippen LogP contribution in [0.15, 0.2) is 0 Å². The van der Waals surface area contributed by atoms with Crippen LogP contribution in [0.4, 0.5) is 9.93 Å². The predicted octanol–water partition coefficient (Wildman–Crippen LogP) is 2.12. The number of carbonyl (C=O) groups excluding carboxylic acids is 1. The number of aromatic nitrogens is 2. The van der Waals surface area contributed by atoms with Gasteiger partial charge < -0.3 is 4.90 Å². The lowest BCUT2D eigenvalue weighted by atomic mass is 10.1. The van der Waals surface area contributed by atoms with Crippen LogP contribution in [0.3, 0.4) is 0 Å². The van der Waals surface area contributed by atoms with Gasteiger partial charge >= 0.3 is 6.03 Å². The Labute approximate surface area is 98.9 Å². The van der Waals surface area contributed by atoms with Crippen molar-refractivity contribution in [3.63, 3.8) is 0 Å². The molecule has 16 heavy (non-hydrogen) atoms. The van der Waals surface area contributed by atoms with E-state index >= 15 is 0 Å². The fourth-order valence-corrected chi connectivity index (χ4v) is 2.38. The Kier molecular flexibility index (Phi) is 3.71. The Morgan fingerprint density at radius 2 is 2.12 bits per heavy atom. The molecular formula is C10H16N4OS. The third-order valence-corrected chi connectivity index (χ3v) is 3.61. The van der Waals surface area contributed by atoms with Crippen molar-refractivity contribution in [2.45, 2.75) is 32.6 Å². The van der Waals surface area contributed by atoms with Crippen molar-refractivity contribution in [2.24, 2.45) is 0 Å². The number of carbonyl (C=O) groups is 1. The van der Waals surface area contributed by atoms with E-state index < -0.39 is 0 Å². The Hall–Kier alpha value is -1.17. The Morgan fingerprint density at radius 3 is 2.75 bits per heavy atom. The van der Waals surface area contributed by atoms with E-state index in [1.807, 2.05) is 11.8 Å². The molecule has 0 bridgehead atoms. The predicted molar refractivity (Wildman–Crippen MR) is 63.7 cm³/mol. The fraction of sp³-hybridized carbons (Fsp3) is 0.700. The van der Waals surface area contributed by atoms with Crippen LogP contribution in [-0.4, -0.2) is 34.2 Å².